The Morgan fingerprint density at radius 3 is 2.47 bits per heavy atom. The van der Waals surface area contributed by atoms with Crippen LogP contribution in [0.4, 0.5) is 24.5 Å². The number of thiazole rings is 1. The van der Waals surface area contributed by atoms with Gasteiger partial charge in [-0.15, -0.1) is 0 Å². The molecule has 3 aromatic carbocycles. The van der Waals surface area contributed by atoms with Crippen LogP contribution >= 0.6 is 39.0 Å². The Hall–Kier alpha value is -4.08. The van der Waals surface area contributed by atoms with Gasteiger partial charge in [0.05, 0.1) is 35.0 Å². The molecule has 6 rings (SSSR count). The highest BCUT2D eigenvalue weighted by atomic mass is 79.9. The predicted octanol–water partition coefficient (Wildman–Crippen LogP) is 6.04. The third-order valence-electron chi connectivity index (χ3n) is 7.32. The fraction of sp³-hybridized carbons (Fsp3) is 0.200. The molecule has 0 aliphatic carbocycles. The molecule has 0 saturated carbocycles. The highest BCUT2D eigenvalue weighted by Crippen LogP contribution is 2.53. The van der Waals surface area contributed by atoms with Crippen LogP contribution in [-0.4, -0.2) is 41.7 Å². The van der Waals surface area contributed by atoms with Crippen LogP contribution in [0.2, 0.25) is 0 Å². The second kappa shape index (κ2) is 12.0. The lowest BCUT2D eigenvalue weighted by Crippen LogP contribution is -2.32. The molecule has 3 amide bonds. The smallest absolute Gasteiger partial charge is 0.418 e. The number of hydrogen-bond acceptors (Lipinski definition) is 8. The summed E-state index contributed by atoms with van der Waals surface area (Å²) in [5.41, 5.74) is -0.404. The van der Waals surface area contributed by atoms with E-state index in [0.29, 0.717) is 21.2 Å². The lowest BCUT2D eigenvalue weighted by Gasteiger charge is -2.30. The van der Waals surface area contributed by atoms with Crippen molar-refractivity contribution in [3.8, 4) is 11.5 Å². The van der Waals surface area contributed by atoms with E-state index in [9.17, 15) is 32.3 Å². The molecule has 0 spiro atoms. The standard InChI is InChI=1S/C30H21BrF3N3O6S2/c1-42-20-12-14(6-11-19(20)43-13-21(38)35-18-5-3-2-4-17(18)30(32,33)34)22-23-25(44-26-24(22)45-29(41)36-26)28(40)37(27(23)39)16-9-7-15(31)8-10-16/h2-12,22-23,25H,13H2,1H3,(H,35,38)(H,36,41)/t22-,23-,25+/m0/s1. The number of aromatic amines is 1. The Morgan fingerprint density at radius 1 is 1.02 bits per heavy atom. The highest BCUT2D eigenvalue weighted by molar-refractivity contribution is 9.10. The number of nitrogens with zero attached hydrogens (tertiary/aromatic N) is 1. The number of amides is 3. The van der Waals surface area contributed by atoms with Crippen molar-refractivity contribution >= 4 is 68.1 Å². The summed E-state index contributed by atoms with van der Waals surface area (Å²) in [5.74, 6) is -2.85. The van der Waals surface area contributed by atoms with Gasteiger partial charge < -0.3 is 19.8 Å². The van der Waals surface area contributed by atoms with Crippen LogP contribution in [0.3, 0.4) is 0 Å². The third-order valence-corrected chi connectivity index (χ3v) is 10.3. The first-order valence-corrected chi connectivity index (χ1v) is 15.7. The van der Waals surface area contributed by atoms with Gasteiger partial charge in [0, 0.05) is 15.3 Å². The second-order valence-electron chi connectivity index (χ2n) is 10.0. The van der Waals surface area contributed by atoms with Gasteiger partial charge in [-0.25, -0.2) is 4.90 Å². The van der Waals surface area contributed by atoms with Gasteiger partial charge in [0.15, 0.2) is 18.1 Å². The van der Waals surface area contributed by atoms with Crippen LogP contribution in [-0.2, 0) is 20.6 Å². The SMILES string of the molecule is COc1cc([C@@H]2c3sc(=O)[nH]c3S[C@H]3C(=O)N(c4ccc(Br)cc4)C(=O)[C@@H]23)ccc1OCC(=O)Nc1ccccc1C(F)(F)F. The lowest BCUT2D eigenvalue weighted by molar-refractivity contribution is -0.137. The summed E-state index contributed by atoms with van der Waals surface area (Å²) < 4.78 is 51.9. The van der Waals surface area contributed by atoms with E-state index in [1.807, 2.05) is 0 Å². The molecule has 1 saturated heterocycles. The van der Waals surface area contributed by atoms with Crippen molar-refractivity contribution in [2.24, 2.45) is 5.92 Å². The number of halogens is 4. The molecule has 3 atom stereocenters. The number of aromatic nitrogens is 1. The molecule has 1 fully saturated rings. The summed E-state index contributed by atoms with van der Waals surface area (Å²) in [6, 6.07) is 16.1. The number of rotatable bonds is 7. The predicted molar refractivity (Wildman–Crippen MR) is 165 cm³/mol. The number of hydrogen-bond donors (Lipinski definition) is 2. The zero-order valence-corrected chi connectivity index (χ0v) is 26.2. The number of fused-ring (bicyclic) bond motifs is 2. The fourth-order valence-electron chi connectivity index (χ4n) is 5.39. The molecule has 4 aromatic rings. The van der Waals surface area contributed by atoms with Gasteiger partial charge in [-0.3, -0.25) is 19.2 Å². The highest BCUT2D eigenvalue weighted by Gasteiger charge is 2.56. The van der Waals surface area contributed by atoms with Gasteiger partial charge in [0.1, 0.15) is 5.25 Å². The maximum absolute atomic E-state index is 13.9. The molecule has 0 radical (unpaired) electrons. The molecule has 2 N–H and O–H groups in total. The van der Waals surface area contributed by atoms with E-state index in [1.54, 1.807) is 36.4 Å². The van der Waals surface area contributed by atoms with Gasteiger partial charge >= 0.3 is 11.0 Å². The molecule has 15 heteroatoms. The van der Waals surface area contributed by atoms with Crippen LogP contribution in [0.15, 0.2) is 81.0 Å². The van der Waals surface area contributed by atoms with Crippen molar-refractivity contribution in [2.45, 2.75) is 22.4 Å². The van der Waals surface area contributed by atoms with E-state index in [1.165, 1.54) is 30.2 Å². The Balaban J connectivity index is 1.28. The van der Waals surface area contributed by atoms with Crippen LogP contribution in [0.5, 0.6) is 11.5 Å². The second-order valence-corrected chi connectivity index (χ2v) is 13.1. The van der Waals surface area contributed by atoms with E-state index < -0.39 is 58.8 Å². The molecule has 9 nitrogen and oxygen atoms in total. The average molecular weight is 721 g/mol. The van der Waals surface area contributed by atoms with Crippen LogP contribution in [0.25, 0.3) is 0 Å². The number of methoxy groups -OCH3 is 1. The Bertz CT molecular complexity index is 1880. The van der Waals surface area contributed by atoms with E-state index in [-0.39, 0.29) is 16.4 Å². The third kappa shape index (κ3) is 5.87. The molecule has 2 aliphatic heterocycles. The molecular formula is C30H21BrF3N3O6S2. The average Bonchev–Trinajstić information content (AvgIpc) is 3.50. The summed E-state index contributed by atoms with van der Waals surface area (Å²) in [5, 5.41) is 1.93. The molecule has 3 heterocycles. The Kier molecular flexibility index (Phi) is 8.26. The number of anilines is 2. The summed E-state index contributed by atoms with van der Waals surface area (Å²) in [4.78, 5) is 56.6. The summed E-state index contributed by atoms with van der Waals surface area (Å²) in [6.45, 7) is -0.620. The van der Waals surface area contributed by atoms with Crippen molar-refractivity contribution in [3.05, 3.63) is 96.9 Å². The van der Waals surface area contributed by atoms with E-state index in [2.05, 4.69) is 26.2 Å². The first-order chi connectivity index (χ1) is 21.5. The molecule has 45 heavy (non-hydrogen) atoms. The molecule has 232 valence electrons. The first-order valence-electron chi connectivity index (χ1n) is 13.3. The summed E-state index contributed by atoms with van der Waals surface area (Å²) in [6.07, 6.45) is -4.66. The number of imide groups is 1. The van der Waals surface area contributed by atoms with E-state index in [0.717, 1.165) is 39.7 Å². The number of ether oxygens (including phenoxy) is 2. The van der Waals surface area contributed by atoms with Gasteiger partial charge in [-0.05, 0) is 54.1 Å². The Morgan fingerprint density at radius 2 is 1.76 bits per heavy atom. The minimum Gasteiger partial charge on any atom is -0.493 e. The van der Waals surface area contributed by atoms with Crippen LogP contribution in [0, 0.1) is 5.92 Å². The number of benzene rings is 3. The van der Waals surface area contributed by atoms with Crippen molar-refractivity contribution in [3.63, 3.8) is 0 Å². The minimum atomic E-state index is -4.66. The quantitative estimate of drug-likeness (QED) is 0.224. The van der Waals surface area contributed by atoms with Crippen LogP contribution < -0.4 is 24.6 Å². The molecule has 1 aromatic heterocycles. The van der Waals surface area contributed by atoms with Crippen molar-refractivity contribution in [1.82, 2.24) is 4.98 Å². The lowest BCUT2D eigenvalue weighted by atomic mass is 9.83. The number of nitrogens with one attached hydrogen (secondary N) is 2. The van der Waals surface area contributed by atoms with Gasteiger partial charge in [0.2, 0.25) is 11.8 Å². The normalized spacial score (nSPS) is 19.2. The van der Waals surface area contributed by atoms with Crippen molar-refractivity contribution < 1.29 is 37.0 Å². The molecule has 0 unspecified atom stereocenters. The summed E-state index contributed by atoms with van der Waals surface area (Å²) in [7, 11) is 1.37. The zero-order valence-electron chi connectivity index (χ0n) is 23.0. The van der Waals surface area contributed by atoms with Crippen molar-refractivity contribution in [2.75, 3.05) is 23.9 Å². The number of alkyl halides is 3. The Labute approximate surface area is 269 Å². The fourth-order valence-corrected chi connectivity index (χ4v) is 8.17. The minimum absolute atomic E-state index is 0.120. The summed E-state index contributed by atoms with van der Waals surface area (Å²) >= 11 is 5.46. The number of carbonyl (C=O) groups is 3. The number of thioether (sulfide) groups is 1. The molecular weight excluding hydrogens is 699 g/mol. The molecule has 0 bridgehead atoms. The van der Waals surface area contributed by atoms with E-state index in [4.69, 9.17) is 9.47 Å². The van der Waals surface area contributed by atoms with Crippen molar-refractivity contribution in [1.29, 1.82) is 0 Å². The number of H-pyrrole nitrogens is 1. The topological polar surface area (TPSA) is 118 Å². The molecule has 2 aliphatic rings. The van der Waals surface area contributed by atoms with E-state index >= 15 is 0 Å². The van der Waals surface area contributed by atoms with Gasteiger partial charge in [-0.2, -0.15) is 13.2 Å². The maximum Gasteiger partial charge on any atom is 0.418 e. The largest absolute Gasteiger partial charge is 0.493 e. The maximum atomic E-state index is 13.9. The zero-order chi connectivity index (χ0) is 32.0. The van der Waals surface area contributed by atoms with Gasteiger partial charge in [0.25, 0.3) is 5.91 Å². The number of carbonyl (C=O) groups excluding carboxylic acids is 3. The first kappa shape index (κ1) is 30.9. The van der Waals surface area contributed by atoms with Crippen LogP contribution in [0.1, 0.15) is 21.9 Å². The monoisotopic (exact) mass is 719 g/mol. The number of para-hydroxylation sites is 1. The van der Waals surface area contributed by atoms with Gasteiger partial charge in [-0.1, -0.05) is 57.2 Å².